The number of fused-ring (bicyclic) bond motifs is 2. The number of ether oxygens (including phenoxy) is 1. The Hall–Kier alpha value is -1.61. The van der Waals surface area contributed by atoms with Gasteiger partial charge < -0.3 is 14.5 Å². The quantitative estimate of drug-likeness (QED) is 0.569. The van der Waals surface area contributed by atoms with E-state index in [9.17, 15) is 13.2 Å². The average molecular weight is 508 g/mol. The van der Waals surface area contributed by atoms with Gasteiger partial charge in [-0.1, -0.05) is 24.1 Å². The number of amides is 1. The van der Waals surface area contributed by atoms with E-state index in [-0.39, 0.29) is 23.1 Å². The molecule has 7 nitrogen and oxygen atoms in total. The molecule has 34 heavy (non-hydrogen) atoms. The van der Waals surface area contributed by atoms with E-state index in [0.717, 1.165) is 25.7 Å². The Balaban J connectivity index is 1.25. The van der Waals surface area contributed by atoms with Crippen molar-refractivity contribution < 1.29 is 17.9 Å². The third-order valence-corrected chi connectivity index (χ3v) is 10.0. The number of piperidine rings is 3. The Bertz CT molecular complexity index is 1000. The molecule has 3 saturated heterocycles. The van der Waals surface area contributed by atoms with Gasteiger partial charge in [0.05, 0.1) is 10.9 Å². The maximum absolute atomic E-state index is 13.5. The summed E-state index contributed by atoms with van der Waals surface area (Å²) in [6.45, 7) is 3.72. The topological polar surface area (TPSA) is 70.2 Å². The highest BCUT2D eigenvalue weighted by Gasteiger charge is 2.46. The van der Waals surface area contributed by atoms with E-state index < -0.39 is 16.1 Å². The van der Waals surface area contributed by atoms with Gasteiger partial charge in [-0.25, -0.2) is 13.2 Å². The summed E-state index contributed by atoms with van der Waals surface area (Å²) in [6.07, 6.45) is 11.0. The highest BCUT2D eigenvalue weighted by molar-refractivity contribution is 7.89. The molecule has 4 heterocycles. The fourth-order valence-corrected chi connectivity index (χ4v) is 7.95. The number of halogens is 1. The van der Waals surface area contributed by atoms with Crippen molar-refractivity contribution in [3.05, 3.63) is 41.4 Å². The highest BCUT2D eigenvalue weighted by atomic mass is 35.5. The minimum Gasteiger partial charge on any atom is -0.440 e. The van der Waals surface area contributed by atoms with Crippen LogP contribution in [-0.4, -0.2) is 79.0 Å². The molecule has 2 unspecified atom stereocenters. The van der Waals surface area contributed by atoms with Crippen molar-refractivity contribution in [2.45, 2.75) is 80.5 Å². The number of sulfonamides is 1. The van der Waals surface area contributed by atoms with Crippen LogP contribution in [0.15, 0.2) is 41.3 Å². The Kier molecular flexibility index (Phi) is 7.21. The molecule has 4 aliphatic heterocycles. The summed E-state index contributed by atoms with van der Waals surface area (Å²) in [5.41, 5.74) is 0. The van der Waals surface area contributed by atoms with Crippen molar-refractivity contribution in [3.63, 3.8) is 0 Å². The summed E-state index contributed by atoms with van der Waals surface area (Å²) < 4.78 is 34.5. The van der Waals surface area contributed by atoms with E-state index in [4.69, 9.17) is 16.3 Å². The molecular weight excluding hydrogens is 474 g/mol. The van der Waals surface area contributed by atoms with Crippen LogP contribution in [0, 0.1) is 0 Å². The molecular formula is C25H34ClN3O4S. The molecule has 0 radical (unpaired) electrons. The van der Waals surface area contributed by atoms with Gasteiger partial charge in [-0.3, -0.25) is 0 Å². The van der Waals surface area contributed by atoms with Crippen LogP contribution in [0.2, 0.25) is 5.02 Å². The number of carbonyl (C=O) groups is 1. The maximum atomic E-state index is 13.5. The third-order valence-electron chi connectivity index (χ3n) is 7.81. The van der Waals surface area contributed by atoms with Crippen LogP contribution in [0.5, 0.6) is 0 Å². The second-order valence-electron chi connectivity index (χ2n) is 9.90. The molecule has 4 aliphatic rings. The first kappa shape index (κ1) is 24.1. The summed E-state index contributed by atoms with van der Waals surface area (Å²) in [4.78, 5) is 17.6. The van der Waals surface area contributed by atoms with Gasteiger partial charge in [-0.05, 0) is 88.4 Å². The zero-order valence-corrected chi connectivity index (χ0v) is 21.1. The zero-order valence-electron chi connectivity index (χ0n) is 19.5. The summed E-state index contributed by atoms with van der Waals surface area (Å²) in [5, 5.41) is 0.494. The summed E-state index contributed by atoms with van der Waals surface area (Å²) in [6, 6.07) is 6.22. The SMILES string of the molecule is O=C(O[C@H]1C=CC2CCCC1N2S(=O)(=O)c1ccc(Cl)cc1)N1CCC(N2CCCCC2)CC1. The highest BCUT2D eigenvalue weighted by Crippen LogP contribution is 2.36. The summed E-state index contributed by atoms with van der Waals surface area (Å²) >= 11 is 5.97. The molecule has 0 aromatic heterocycles. The number of hydrogen-bond donors (Lipinski definition) is 0. The first-order valence-corrected chi connectivity index (χ1v) is 14.4. The second-order valence-corrected chi connectivity index (χ2v) is 12.2. The molecule has 2 bridgehead atoms. The third kappa shape index (κ3) is 4.87. The molecule has 9 heteroatoms. The number of rotatable bonds is 4. The lowest BCUT2D eigenvalue weighted by Gasteiger charge is -2.45. The van der Waals surface area contributed by atoms with E-state index in [0.29, 0.717) is 30.6 Å². The Morgan fingerprint density at radius 1 is 0.882 bits per heavy atom. The molecule has 0 aliphatic carbocycles. The second kappa shape index (κ2) is 10.2. The van der Waals surface area contributed by atoms with E-state index in [2.05, 4.69) is 4.90 Å². The van der Waals surface area contributed by atoms with Crippen LogP contribution >= 0.6 is 11.6 Å². The lowest BCUT2D eigenvalue weighted by atomic mass is 9.90. The number of likely N-dealkylation sites (tertiary alicyclic amines) is 2. The van der Waals surface area contributed by atoms with E-state index in [1.165, 1.54) is 32.4 Å². The van der Waals surface area contributed by atoms with Gasteiger partial charge >= 0.3 is 6.09 Å². The molecule has 3 fully saturated rings. The van der Waals surface area contributed by atoms with Gasteiger partial charge in [0.2, 0.25) is 10.0 Å². The number of benzene rings is 1. The minimum absolute atomic E-state index is 0.213. The standard InChI is InChI=1S/C25H34ClN3O4S/c26-19-7-10-22(11-8-19)34(31,32)29-21-5-4-6-23(29)24(12-9-21)33-25(30)28-17-13-20(14-18-28)27-15-2-1-3-16-27/h7-12,20-21,23-24H,1-6,13-18H2/t21?,23?,24-/m0/s1. The van der Waals surface area contributed by atoms with Crippen molar-refractivity contribution >= 4 is 27.7 Å². The predicted molar refractivity (Wildman–Crippen MR) is 131 cm³/mol. The van der Waals surface area contributed by atoms with Crippen LogP contribution in [0.3, 0.4) is 0 Å². The number of nitrogens with zero attached hydrogens (tertiary/aromatic N) is 3. The van der Waals surface area contributed by atoms with Crippen molar-refractivity contribution in [3.8, 4) is 0 Å². The Morgan fingerprint density at radius 2 is 1.59 bits per heavy atom. The van der Waals surface area contributed by atoms with Crippen LogP contribution in [0.4, 0.5) is 4.79 Å². The van der Waals surface area contributed by atoms with Crippen LogP contribution < -0.4 is 0 Å². The average Bonchev–Trinajstić information content (AvgIpc) is 2.86. The largest absolute Gasteiger partial charge is 0.440 e. The molecule has 3 atom stereocenters. The monoisotopic (exact) mass is 507 g/mol. The number of hydrogen-bond acceptors (Lipinski definition) is 5. The fourth-order valence-electron chi connectivity index (χ4n) is 5.98. The summed E-state index contributed by atoms with van der Waals surface area (Å²) in [7, 11) is -3.74. The van der Waals surface area contributed by atoms with Gasteiger partial charge in [0.1, 0.15) is 6.10 Å². The zero-order chi connectivity index (χ0) is 23.7. The molecule has 1 amide bonds. The Labute approximate surface area is 207 Å². The van der Waals surface area contributed by atoms with E-state index >= 15 is 0 Å². The molecule has 0 N–H and O–H groups in total. The summed E-state index contributed by atoms with van der Waals surface area (Å²) in [5.74, 6) is 0. The van der Waals surface area contributed by atoms with Gasteiger partial charge in [0.15, 0.2) is 0 Å². The van der Waals surface area contributed by atoms with Crippen molar-refractivity contribution in [1.29, 1.82) is 0 Å². The predicted octanol–water partition coefficient (Wildman–Crippen LogP) is 4.28. The molecule has 1 aromatic carbocycles. The van der Waals surface area contributed by atoms with E-state index in [1.807, 2.05) is 12.2 Å². The molecule has 5 rings (SSSR count). The van der Waals surface area contributed by atoms with Crippen LogP contribution in [-0.2, 0) is 14.8 Å². The normalized spacial score (nSPS) is 29.2. The van der Waals surface area contributed by atoms with Crippen molar-refractivity contribution in [2.75, 3.05) is 26.2 Å². The minimum atomic E-state index is -3.74. The lowest BCUT2D eigenvalue weighted by molar-refractivity contribution is 0.0176. The van der Waals surface area contributed by atoms with Crippen molar-refractivity contribution in [2.24, 2.45) is 0 Å². The van der Waals surface area contributed by atoms with Crippen LogP contribution in [0.25, 0.3) is 0 Å². The smallest absolute Gasteiger partial charge is 0.410 e. The van der Waals surface area contributed by atoms with Gasteiger partial charge in [-0.15, -0.1) is 0 Å². The number of carbonyl (C=O) groups excluding carboxylic acids is 1. The van der Waals surface area contributed by atoms with E-state index in [1.54, 1.807) is 33.5 Å². The maximum Gasteiger partial charge on any atom is 0.410 e. The Morgan fingerprint density at radius 3 is 2.29 bits per heavy atom. The molecule has 1 aromatic rings. The van der Waals surface area contributed by atoms with Crippen LogP contribution in [0.1, 0.15) is 51.4 Å². The molecule has 186 valence electrons. The molecule has 0 spiro atoms. The van der Waals surface area contributed by atoms with Gasteiger partial charge in [0.25, 0.3) is 0 Å². The first-order valence-electron chi connectivity index (χ1n) is 12.6. The fraction of sp³-hybridized carbons (Fsp3) is 0.640. The lowest BCUT2D eigenvalue weighted by Crippen LogP contribution is -2.57. The molecule has 0 saturated carbocycles. The van der Waals surface area contributed by atoms with Gasteiger partial charge in [-0.2, -0.15) is 4.31 Å². The van der Waals surface area contributed by atoms with Gasteiger partial charge in [0, 0.05) is 30.2 Å². The van der Waals surface area contributed by atoms with Crippen molar-refractivity contribution in [1.82, 2.24) is 14.1 Å². The first-order chi connectivity index (χ1) is 16.4.